The summed E-state index contributed by atoms with van der Waals surface area (Å²) in [7, 11) is 3.56. The first-order valence-electron chi connectivity index (χ1n) is 5.29. The Bertz CT molecular complexity index is 353. The molecule has 0 saturated carbocycles. The van der Waals surface area contributed by atoms with E-state index in [2.05, 4.69) is 21.2 Å². The van der Waals surface area contributed by atoms with Gasteiger partial charge in [0.2, 0.25) is 5.91 Å². The van der Waals surface area contributed by atoms with Crippen LogP contribution in [0.3, 0.4) is 0 Å². The standard InChI is InChI=1S/C12H17BrN2O/c1-15(2)12(16)7-4-8-14-11-6-3-5-10(13)9-11/h3,5-6,9,14H,4,7-8H2,1-2H3. The minimum absolute atomic E-state index is 0.177. The van der Waals surface area contributed by atoms with Crippen molar-refractivity contribution in [1.82, 2.24) is 4.90 Å². The van der Waals surface area contributed by atoms with Gasteiger partial charge in [-0.05, 0) is 24.6 Å². The number of carbonyl (C=O) groups is 1. The van der Waals surface area contributed by atoms with Gasteiger partial charge in [-0.15, -0.1) is 0 Å². The Labute approximate surface area is 105 Å². The van der Waals surface area contributed by atoms with E-state index in [1.54, 1.807) is 19.0 Å². The van der Waals surface area contributed by atoms with E-state index in [4.69, 9.17) is 0 Å². The van der Waals surface area contributed by atoms with Crippen LogP contribution in [0.25, 0.3) is 0 Å². The molecule has 0 saturated heterocycles. The predicted molar refractivity (Wildman–Crippen MR) is 70.6 cm³/mol. The summed E-state index contributed by atoms with van der Waals surface area (Å²) in [6.45, 7) is 0.816. The van der Waals surface area contributed by atoms with Crippen LogP contribution >= 0.6 is 15.9 Å². The van der Waals surface area contributed by atoms with Gasteiger partial charge >= 0.3 is 0 Å². The molecule has 1 N–H and O–H groups in total. The van der Waals surface area contributed by atoms with Gasteiger partial charge in [-0.2, -0.15) is 0 Å². The van der Waals surface area contributed by atoms with Crippen LogP contribution in [0.5, 0.6) is 0 Å². The molecule has 0 aliphatic carbocycles. The van der Waals surface area contributed by atoms with E-state index in [0.29, 0.717) is 6.42 Å². The number of nitrogens with zero attached hydrogens (tertiary/aromatic N) is 1. The lowest BCUT2D eigenvalue weighted by Gasteiger charge is -2.10. The highest BCUT2D eigenvalue weighted by molar-refractivity contribution is 9.10. The van der Waals surface area contributed by atoms with Crippen molar-refractivity contribution in [3.8, 4) is 0 Å². The Hall–Kier alpha value is -1.03. The number of hydrogen-bond donors (Lipinski definition) is 1. The Morgan fingerprint density at radius 1 is 1.44 bits per heavy atom. The highest BCUT2D eigenvalue weighted by Crippen LogP contribution is 2.15. The van der Waals surface area contributed by atoms with E-state index in [9.17, 15) is 4.79 Å². The minimum Gasteiger partial charge on any atom is -0.385 e. The van der Waals surface area contributed by atoms with Crippen molar-refractivity contribution in [3.63, 3.8) is 0 Å². The summed E-state index contributed by atoms with van der Waals surface area (Å²) in [5.74, 6) is 0.177. The molecule has 0 fully saturated rings. The maximum absolute atomic E-state index is 11.3. The topological polar surface area (TPSA) is 32.3 Å². The Morgan fingerprint density at radius 3 is 2.81 bits per heavy atom. The second kappa shape index (κ2) is 6.53. The summed E-state index contributed by atoms with van der Waals surface area (Å²) >= 11 is 3.41. The van der Waals surface area contributed by atoms with Gasteiger partial charge in [-0.3, -0.25) is 4.79 Å². The monoisotopic (exact) mass is 284 g/mol. The lowest BCUT2D eigenvalue weighted by atomic mass is 10.2. The highest BCUT2D eigenvalue weighted by atomic mass is 79.9. The third kappa shape index (κ3) is 4.66. The molecule has 0 bridgehead atoms. The summed E-state index contributed by atoms with van der Waals surface area (Å²) < 4.78 is 1.06. The van der Waals surface area contributed by atoms with Crippen LogP contribution in [0.15, 0.2) is 28.7 Å². The summed E-state index contributed by atoms with van der Waals surface area (Å²) in [4.78, 5) is 12.9. The Balaban J connectivity index is 2.23. The van der Waals surface area contributed by atoms with Crippen molar-refractivity contribution in [3.05, 3.63) is 28.7 Å². The van der Waals surface area contributed by atoms with Crippen molar-refractivity contribution in [2.45, 2.75) is 12.8 Å². The lowest BCUT2D eigenvalue weighted by Crippen LogP contribution is -2.21. The number of hydrogen-bond acceptors (Lipinski definition) is 2. The fourth-order valence-corrected chi connectivity index (χ4v) is 1.69. The third-order valence-electron chi connectivity index (χ3n) is 2.22. The van der Waals surface area contributed by atoms with E-state index in [1.165, 1.54) is 0 Å². The number of carbonyl (C=O) groups excluding carboxylic acids is 1. The number of amides is 1. The van der Waals surface area contributed by atoms with E-state index >= 15 is 0 Å². The van der Waals surface area contributed by atoms with Crippen LogP contribution in [-0.4, -0.2) is 31.4 Å². The molecule has 1 aromatic rings. The number of anilines is 1. The van der Waals surface area contributed by atoms with Crippen molar-refractivity contribution < 1.29 is 4.79 Å². The first kappa shape index (κ1) is 13.0. The molecule has 4 heteroatoms. The van der Waals surface area contributed by atoms with Crippen molar-refractivity contribution in [2.75, 3.05) is 26.0 Å². The van der Waals surface area contributed by atoms with Gasteiger partial charge in [0.1, 0.15) is 0 Å². The second-order valence-electron chi connectivity index (χ2n) is 3.83. The van der Waals surface area contributed by atoms with E-state index in [0.717, 1.165) is 23.1 Å². The van der Waals surface area contributed by atoms with Crippen molar-refractivity contribution >= 4 is 27.5 Å². The summed E-state index contributed by atoms with van der Waals surface area (Å²) in [6.07, 6.45) is 1.44. The smallest absolute Gasteiger partial charge is 0.222 e. The van der Waals surface area contributed by atoms with Crippen LogP contribution in [-0.2, 0) is 4.79 Å². The number of nitrogens with one attached hydrogen (secondary N) is 1. The summed E-state index contributed by atoms with van der Waals surface area (Å²) in [5, 5.41) is 3.28. The molecular formula is C12H17BrN2O. The zero-order chi connectivity index (χ0) is 12.0. The first-order chi connectivity index (χ1) is 7.59. The molecule has 0 unspecified atom stereocenters. The SMILES string of the molecule is CN(C)C(=O)CCCNc1cccc(Br)c1. The quantitative estimate of drug-likeness (QED) is 0.844. The van der Waals surface area contributed by atoms with Gasteiger partial charge in [0.15, 0.2) is 0 Å². The van der Waals surface area contributed by atoms with E-state index in [-0.39, 0.29) is 5.91 Å². The van der Waals surface area contributed by atoms with Gasteiger partial charge in [0.25, 0.3) is 0 Å². The van der Waals surface area contributed by atoms with E-state index in [1.807, 2.05) is 24.3 Å². The second-order valence-corrected chi connectivity index (χ2v) is 4.74. The predicted octanol–water partition coefficient (Wildman–Crippen LogP) is 2.73. The molecule has 0 radical (unpaired) electrons. The molecule has 1 amide bonds. The van der Waals surface area contributed by atoms with Crippen LogP contribution in [0.2, 0.25) is 0 Å². The largest absolute Gasteiger partial charge is 0.385 e. The van der Waals surface area contributed by atoms with Crippen LogP contribution < -0.4 is 5.32 Å². The molecular weight excluding hydrogens is 268 g/mol. The van der Waals surface area contributed by atoms with Gasteiger partial charge in [0.05, 0.1) is 0 Å². The number of rotatable bonds is 5. The molecule has 3 nitrogen and oxygen atoms in total. The first-order valence-corrected chi connectivity index (χ1v) is 6.08. The molecule has 0 atom stereocenters. The van der Waals surface area contributed by atoms with Gasteiger partial charge < -0.3 is 10.2 Å². The molecule has 0 aromatic heterocycles. The van der Waals surface area contributed by atoms with E-state index < -0.39 is 0 Å². The Morgan fingerprint density at radius 2 is 2.19 bits per heavy atom. The maximum Gasteiger partial charge on any atom is 0.222 e. The minimum atomic E-state index is 0.177. The third-order valence-corrected chi connectivity index (χ3v) is 2.71. The van der Waals surface area contributed by atoms with Gasteiger partial charge in [-0.1, -0.05) is 22.0 Å². The molecule has 0 aliphatic rings. The van der Waals surface area contributed by atoms with Gasteiger partial charge in [-0.25, -0.2) is 0 Å². The molecule has 16 heavy (non-hydrogen) atoms. The molecule has 0 spiro atoms. The fourth-order valence-electron chi connectivity index (χ4n) is 1.29. The zero-order valence-corrected chi connectivity index (χ0v) is 11.3. The van der Waals surface area contributed by atoms with Crippen LogP contribution in [0, 0.1) is 0 Å². The lowest BCUT2D eigenvalue weighted by molar-refractivity contribution is -0.128. The molecule has 0 aliphatic heterocycles. The average molecular weight is 285 g/mol. The molecule has 0 heterocycles. The molecule has 1 aromatic carbocycles. The average Bonchev–Trinajstić information content (AvgIpc) is 2.24. The maximum atomic E-state index is 11.3. The normalized spacial score (nSPS) is 9.94. The summed E-state index contributed by atoms with van der Waals surface area (Å²) in [6, 6.07) is 8.00. The van der Waals surface area contributed by atoms with Crippen LogP contribution in [0.1, 0.15) is 12.8 Å². The van der Waals surface area contributed by atoms with Gasteiger partial charge in [0, 0.05) is 37.2 Å². The highest BCUT2D eigenvalue weighted by Gasteiger charge is 2.02. The van der Waals surface area contributed by atoms with Crippen molar-refractivity contribution in [2.24, 2.45) is 0 Å². The fraction of sp³-hybridized carbons (Fsp3) is 0.417. The molecule has 1 rings (SSSR count). The van der Waals surface area contributed by atoms with Crippen LogP contribution in [0.4, 0.5) is 5.69 Å². The Kier molecular flexibility index (Phi) is 5.32. The number of halogens is 1. The molecule has 88 valence electrons. The summed E-state index contributed by atoms with van der Waals surface area (Å²) in [5.41, 5.74) is 1.08. The number of benzene rings is 1. The zero-order valence-electron chi connectivity index (χ0n) is 9.66. The van der Waals surface area contributed by atoms with Crippen molar-refractivity contribution in [1.29, 1.82) is 0 Å².